The molecule has 1 N–H and O–H groups in total. The fourth-order valence-electron chi connectivity index (χ4n) is 2.22. The summed E-state index contributed by atoms with van der Waals surface area (Å²) in [4.78, 5) is 32.4. The zero-order valence-electron chi connectivity index (χ0n) is 11.6. The summed E-state index contributed by atoms with van der Waals surface area (Å²) >= 11 is 0. The van der Waals surface area contributed by atoms with Crippen molar-refractivity contribution in [2.75, 3.05) is 12.4 Å². The van der Waals surface area contributed by atoms with Crippen LogP contribution in [0.15, 0.2) is 24.3 Å². The lowest BCUT2D eigenvalue weighted by atomic mass is 10.1. The Kier molecular flexibility index (Phi) is 4.35. The van der Waals surface area contributed by atoms with Gasteiger partial charge in [-0.05, 0) is 12.8 Å². The fourth-order valence-corrected chi connectivity index (χ4v) is 2.22. The minimum atomic E-state index is -0.875. The van der Waals surface area contributed by atoms with E-state index in [-0.39, 0.29) is 17.3 Å². The van der Waals surface area contributed by atoms with Crippen LogP contribution in [0.2, 0.25) is 0 Å². The van der Waals surface area contributed by atoms with Crippen LogP contribution < -0.4 is 5.32 Å². The van der Waals surface area contributed by atoms with Gasteiger partial charge in [-0.25, -0.2) is 4.79 Å². The predicted molar refractivity (Wildman–Crippen MR) is 76.9 cm³/mol. The molecular weight excluding hydrogens is 294 g/mol. The lowest BCUT2D eigenvalue weighted by Crippen LogP contribution is -2.19. The van der Waals surface area contributed by atoms with E-state index >= 15 is 0 Å². The molecule has 22 heavy (non-hydrogen) atoms. The fraction of sp³-hybridized carbons (Fsp3) is 0.308. The lowest BCUT2D eigenvalue weighted by Gasteiger charge is -2.16. The minimum Gasteiger partial charge on any atom is -0.465 e. The number of nitrogens with one attached hydrogen (secondary N) is 1. The molecule has 0 bridgehead atoms. The molecule has 0 aliphatic heterocycles. The number of methoxy groups -OCH3 is 1. The summed E-state index contributed by atoms with van der Waals surface area (Å²) in [5, 5.41) is 25.0. The molecule has 2 rings (SSSR count). The molecule has 0 saturated heterocycles. The van der Waals surface area contributed by atoms with E-state index in [0.29, 0.717) is 12.8 Å². The van der Waals surface area contributed by atoms with Gasteiger partial charge in [0.1, 0.15) is 5.69 Å². The maximum atomic E-state index is 11.8. The Balaban J connectivity index is 2.56. The first-order valence-corrected chi connectivity index (χ1v) is 6.40. The number of hydrogen-bond acceptors (Lipinski definition) is 7. The summed E-state index contributed by atoms with van der Waals surface area (Å²) in [6, 6.07) is 1.70. The molecule has 0 fully saturated rings. The number of carbonyl (C=O) groups excluding carboxylic acids is 1. The number of benzene rings is 1. The molecule has 9 nitrogen and oxygen atoms in total. The van der Waals surface area contributed by atoms with Crippen LogP contribution in [0.4, 0.5) is 17.1 Å². The number of nitro groups is 2. The van der Waals surface area contributed by atoms with Gasteiger partial charge in [-0.3, -0.25) is 20.2 Å². The third kappa shape index (κ3) is 3.03. The van der Waals surface area contributed by atoms with Crippen molar-refractivity contribution < 1.29 is 19.4 Å². The van der Waals surface area contributed by atoms with Crippen LogP contribution >= 0.6 is 0 Å². The third-order valence-corrected chi connectivity index (χ3v) is 3.27. The average Bonchev–Trinajstić information content (AvgIpc) is 2.99. The van der Waals surface area contributed by atoms with Crippen molar-refractivity contribution in [1.29, 1.82) is 0 Å². The van der Waals surface area contributed by atoms with E-state index in [1.54, 1.807) is 0 Å². The topological polar surface area (TPSA) is 125 Å². The summed E-state index contributed by atoms with van der Waals surface area (Å²) in [5.74, 6) is -0.875. The first-order chi connectivity index (χ1) is 10.4. The highest BCUT2D eigenvalue weighted by Crippen LogP contribution is 2.35. The van der Waals surface area contributed by atoms with Gasteiger partial charge in [-0.1, -0.05) is 12.2 Å². The molecule has 116 valence electrons. The van der Waals surface area contributed by atoms with Crippen molar-refractivity contribution in [3.8, 4) is 0 Å². The minimum absolute atomic E-state index is 0.0591. The van der Waals surface area contributed by atoms with Gasteiger partial charge in [-0.2, -0.15) is 0 Å². The van der Waals surface area contributed by atoms with Gasteiger partial charge in [0.05, 0.1) is 28.6 Å². The van der Waals surface area contributed by atoms with Crippen LogP contribution in [-0.4, -0.2) is 29.0 Å². The van der Waals surface area contributed by atoms with Crippen LogP contribution in [0.1, 0.15) is 23.2 Å². The number of ether oxygens (including phenoxy) is 1. The number of carbonyl (C=O) groups is 1. The van der Waals surface area contributed by atoms with Gasteiger partial charge in [0, 0.05) is 12.1 Å². The number of hydrogen-bond donors (Lipinski definition) is 1. The molecule has 0 amide bonds. The Bertz CT molecular complexity index is 662. The van der Waals surface area contributed by atoms with E-state index in [0.717, 1.165) is 19.2 Å². The molecule has 0 aromatic heterocycles. The standard InChI is InChI=1S/C13H13N3O6/c1-22-13(17)10-6-9(15(18)19)7-11(16(20)21)12(10)14-8-4-2-3-5-8/h2-3,6-8,14H,4-5H2,1H3. The highest BCUT2D eigenvalue weighted by molar-refractivity contribution is 5.99. The molecular formula is C13H13N3O6. The zero-order chi connectivity index (χ0) is 16.3. The van der Waals surface area contributed by atoms with E-state index < -0.39 is 27.2 Å². The monoisotopic (exact) mass is 307 g/mol. The molecule has 0 radical (unpaired) electrons. The molecule has 0 saturated carbocycles. The molecule has 0 spiro atoms. The van der Waals surface area contributed by atoms with E-state index in [9.17, 15) is 25.0 Å². The number of anilines is 1. The smallest absolute Gasteiger partial charge is 0.340 e. The first kappa shape index (κ1) is 15.4. The molecule has 1 aliphatic carbocycles. The molecule has 0 heterocycles. The highest BCUT2D eigenvalue weighted by Gasteiger charge is 2.29. The zero-order valence-corrected chi connectivity index (χ0v) is 11.6. The second-order valence-corrected chi connectivity index (χ2v) is 4.68. The number of nitro benzene ring substituents is 2. The Morgan fingerprint density at radius 3 is 2.36 bits per heavy atom. The second-order valence-electron chi connectivity index (χ2n) is 4.68. The number of nitrogens with zero attached hydrogens (tertiary/aromatic N) is 2. The Morgan fingerprint density at radius 2 is 1.86 bits per heavy atom. The SMILES string of the molecule is COC(=O)c1cc([N+](=O)[O-])cc([N+](=O)[O-])c1NC1CC=CC1. The Hall–Kier alpha value is -2.97. The van der Waals surface area contributed by atoms with Gasteiger partial charge in [0.25, 0.3) is 11.4 Å². The Morgan fingerprint density at radius 1 is 1.23 bits per heavy atom. The predicted octanol–water partition coefficient (Wildman–Crippen LogP) is 2.42. The Labute approximate surface area is 124 Å². The van der Waals surface area contributed by atoms with Crippen molar-refractivity contribution in [3.05, 3.63) is 50.1 Å². The van der Waals surface area contributed by atoms with Crippen molar-refractivity contribution in [2.24, 2.45) is 0 Å². The maximum absolute atomic E-state index is 11.8. The van der Waals surface area contributed by atoms with Crippen LogP contribution in [0.5, 0.6) is 0 Å². The molecule has 1 aromatic rings. The van der Waals surface area contributed by atoms with Gasteiger partial charge in [0.15, 0.2) is 0 Å². The van der Waals surface area contributed by atoms with Crippen LogP contribution in [0.3, 0.4) is 0 Å². The van der Waals surface area contributed by atoms with Crippen molar-refractivity contribution in [2.45, 2.75) is 18.9 Å². The van der Waals surface area contributed by atoms with Crippen LogP contribution in [-0.2, 0) is 4.74 Å². The first-order valence-electron chi connectivity index (χ1n) is 6.40. The normalized spacial score (nSPS) is 13.9. The summed E-state index contributed by atoms with van der Waals surface area (Å²) in [6.07, 6.45) is 5.11. The van der Waals surface area contributed by atoms with Crippen LogP contribution in [0, 0.1) is 20.2 Å². The molecule has 9 heteroatoms. The van der Waals surface area contributed by atoms with Crippen molar-refractivity contribution >= 4 is 23.0 Å². The van der Waals surface area contributed by atoms with Crippen molar-refractivity contribution in [3.63, 3.8) is 0 Å². The summed E-state index contributed by atoms with van der Waals surface area (Å²) in [7, 11) is 1.11. The van der Waals surface area contributed by atoms with E-state index in [1.165, 1.54) is 0 Å². The third-order valence-electron chi connectivity index (χ3n) is 3.27. The van der Waals surface area contributed by atoms with Crippen molar-refractivity contribution in [1.82, 2.24) is 0 Å². The highest BCUT2D eigenvalue weighted by atomic mass is 16.6. The van der Waals surface area contributed by atoms with Gasteiger partial charge >= 0.3 is 5.97 Å². The van der Waals surface area contributed by atoms with Crippen LogP contribution in [0.25, 0.3) is 0 Å². The van der Waals surface area contributed by atoms with Gasteiger partial charge in [0.2, 0.25) is 0 Å². The largest absolute Gasteiger partial charge is 0.465 e. The van der Waals surface area contributed by atoms with E-state index in [1.807, 2.05) is 12.2 Å². The van der Waals surface area contributed by atoms with E-state index in [4.69, 9.17) is 0 Å². The summed E-state index contributed by atoms with van der Waals surface area (Å²) in [5.41, 5.74) is -1.35. The summed E-state index contributed by atoms with van der Waals surface area (Å²) in [6.45, 7) is 0. The summed E-state index contributed by atoms with van der Waals surface area (Å²) < 4.78 is 4.57. The van der Waals surface area contributed by atoms with E-state index in [2.05, 4.69) is 10.1 Å². The lowest BCUT2D eigenvalue weighted by molar-refractivity contribution is -0.393. The van der Waals surface area contributed by atoms with Gasteiger partial charge in [-0.15, -0.1) is 0 Å². The molecule has 0 atom stereocenters. The molecule has 0 unspecified atom stereocenters. The van der Waals surface area contributed by atoms with Gasteiger partial charge < -0.3 is 10.1 Å². The second kappa shape index (κ2) is 6.20. The quantitative estimate of drug-likeness (QED) is 0.383. The number of esters is 1. The number of rotatable bonds is 5. The number of non-ortho nitro benzene ring substituents is 1. The average molecular weight is 307 g/mol. The maximum Gasteiger partial charge on any atom is 0.340 e. The molecule has 1 aliphatic rings. The molecule has 1 aromatic carbocycles.